The van der Waals surface area contributed by atoms with Gasteiger partial charge in [-0.15, -0.1) is 0 Å². The lowest BCUT2D eigenvalue weighted by Gasteiger charge is -2.16. The molecular formula is C17H19ClN2O. The molecule has 2 rings (SSSR count). The normalized spacial score (nSPS) is 11.8. The van der Waals surface area contributed by atoms with Crippen molar-refractivity contribution in [2.45, 2.75) is 26.4 Å². The van der Waals surface area contributed by atoms with E-state index >= 15 is 0 Å². The number of benzene rings is 2. The van der Waals surface area contributed by atoms with Gasteiger partial charge >= 0.3 is 0 Å². The summed E-state index contributed by atoms with van der Waals surface area (Å²) in [7, 11) is 0. The van der Waals surface area contributed by atoms with E-state index in [1.165, 1.54) is 0 Å². The smallest absolute Gasteiger partial charge is 0.242 e. The SMILES string of the molecule is Cc1ccc(N[C@H](C)C(=O)NCc2ccccc2)cc1Cl. The first kappa shape index (κ1) is 15.4. The van der Waals surface area contributed by atoms with Crippen molar-refractivity contribution in [3.05, 3.63) is 64.7 Å². The number of amides is 1. The molecule has 110 valence electrons. The number of carbonyl (C=O) groups is 1. The highest BCUT2D eigenvalue weighted by atomic mass is 35.5. The van der Waals surface area contributed by atoms with Gasteiger partial charge in [-0.25, -0.2) is 0 Å². The molecule has 0 fully saturated rings. The highest BCUT2D eigenvalue weighted by Gasteiger charge is 2.12. The molecule has 2 N–H and O–H groups in total. The molecule has 0 aliphatic rings. The van der Waals surface area contributed by atoms with Crippen LogP contribution >= 0.6 is 11.6 Å². The Morgan fingerprint density at radius 1 is 1.19 bits per heavy atom. The van der Waals surface area contributed by atoms with Crippen LogP contribution in [0.15, 0.2) is 48.5 Å². The predicted molar refractivity (Wildman–Crippen MR) is 87.6 cm³/mol. The Kier molecular flexibility index (Phi) is 5.23. The van der Waals surface area contributed by atoms with Crippen molar-refractivity contribution in [1.29, 1.82) is 0 Å². The van der Waals surface area contributed by atoms with Crippen LogP contribution in [0.4, 0.5) is 5.69 Å². The molecule has 1 atom stereocenters. The summed E-state index contributed by atoms with van der Waals surface area (Å²) >= 11 is 6.08. The van der Waals surface area contributed by atoms with Crippen LogP contribution in [0.2, 0.25) is 5.02 Å². The fourth-order valence-corrected chi connectivity index (χ4v) is 2.12. The Morgan fingerprint density at radius 2 is 1.90 bits per heavy atom. The van der Waals surface area contributed by atoms with Crippen molar-refractivity contribution in [2.75, 3.05) is 5.32 Å². The summed E-state index contributed by atoms with van der Waals surface area (Å²) in [5, 5.41) is 6.75. The van der Waals surface area contributed by atoms with Gasteiger partial charge in [0, 0.05) is 17.3 Å². The highest BCUT2D eigenvalue weighted by Crippen LogP contribution is 2.20. The minimum absolute atomic E-state index is 0.0458. The predicted octanol–water partition coefficient (Wildman–Crippen LogP) is 3.77. The van der Waals surface area contributed by atoms with E-state index in [0.717, 1.165) is 16.8 Å². The first-order valence-corrected chi connectivity index (χ1v) is 7.28. The third-order valence-electron chi connectivity index (χ3n) is 3.26. The zero-order valence-electron chi connectivity index (χ0n) is 12.2. The quantitative estimate of drug-likeness (QED) is 0.883. The summed E-state index contributed by atoms with van der Waals surface area (Å²) < 4.78 is 0. The van der Waals surface area contributed by atoms with E-state index in [1.54, 1.807) is 0 Å². The second-order valence-corrected chi connectivity index (χ2v) is 5.44. The molecule has 0 bridgehead atoms. The Bertz CT molecular complexity index is 613. The van der Waals surface area contributed by atoms with Gasteiger partial charge in [-0.2, -0.15) is 0 Å². The maximum absolute atomic E-state index is 12.1. The van der Waals surface area contributed by atoms with Crippen molar-refractivity contribution < 1.29 is 4.79 Å². The Labute approximate surface area is 130 Å². The maximum atomic E-state index is 12.1. The number of anilines is 1. The monoisotopic (exact) mass is 302 g/mol. The van der Waals surface area contributed by atoms with Crippen molar-refractivity contribution >= 4 is 23.2 Å². The lowest BCUT2D eigenvalue weighted by Crippen LogP contribution is -2.37. The summed E-state index contributed by atoms with van der Waals surface area (Å²) in [4.78, 5) is 12.1. The largest absolute Gasteiger partial charge is 0.374 e. The van der Waals surface area contributed by atoms with E-state index in [2.05, 4.69) is 10.6 Å². The van der Waals surface area contributed by atoms with Gasteiger partial charge in [0.1, 0.15) is 6.04 Å². The van der Waals surface area contributed by atoms with Gasteiger partial charge in [-0.3, -0.25) is 4.79 Å². The molecule has 3 nitrogen and oxygen atoms in total. The molecule has 0 aliphatic heterocycles. The molecular weight excluding hydrogens is 284 g/mol. The lowest BCUT2D eigenvalue weighted by atomic mass is 10.2. The van der Waals surface area contributed by atoms with Gasteiger partial charge in [0.05, 0.1) is 0 Å². The molecule has 0 aromatic heterocycles. The van der Waals surface area contributed by atoms with E-state index in [-0.39, 0.29) is 11.9 Å². The zero-order chi connectivity index (χ0) is 15.2. The van der Waals surface area contributed by atoms with Crippen LogP contribution in [0.3, 0.4) is 0 Å². The highest BCUT2D eigenvalue weighted by molar-refractivity contribution is 6.31. The van der Waals surface area contributed by atoms with Gasteiger partial charge in [-0.05, 0) is 37.1 Å². The number of hydrogen-bond acceptors (Lipinski definition) is 2. The van der Waals surface area contributed by atoms with Crippen molar-refractivity contribution in [3.63, 3.8) is 0 Å². The number of aryl methyl sites for hydroxylation is 1. The minimum Gasteiger partial charge on any atom is -0.374 e. The van der Waals surface area contributed by atoms with Crippen molar-refractivity contribution in [2.24, 2.45) is 0 Å². The van der Waals surface area contributed by atoms with Gasteiger partial charge < -0.3 is 10.6 Å². The zero-order valence-corrected chi connectivity index (χ0v) is 12.9. The topological polar surface area (TPSA) is 41.1 Å². The third-order valence-corrected chi connectivity index (χ3v) is 3.67. The molecule has 0 saturated carbocycles. The standard InChI is InChI=1S/C17H19ClN2O/c1-12-8-9-15(10-16(12)18)20-13(2)17(21)19-11-14-6-4-3-5-7-14/h3-10,13,20H,11H2,1-2H3,(H,19,21)/t13-/m1/s1. The fraction of sp³-hybridized carbons (Fsp3) is 0.235. The van der Waals surface area contributed by atoms with Gasteiger partial charge in [-0.1, -0.05) is 48.0 Å². The van der Waals surface area contributed by atoms with Gasteiger partial charge in [0.25, 0.3) is 0 Å². The number of carbonyl (C=O) groups excluding carboxylic acids is 1. The average molecular weight is 303 g/mol. The van der Waals surface area contributed by atoms with Gasteiger partial charge in [0.15, 0.2) is 0 Å². The molecule has 2 aromatic rings. The minimum atomic E-state index is -0.326. The number of halogens is 1. The van der Waals surface area contributed by atoms with Crippen LogP contribution < -0.4 is 10.6 Å². The van der Waals surface area contributed by atoms with E-state index in [0.29, 0.717) is 11.6 Å². The molecule has 0 saturated heterocycles. The number of hydrogen-bond donors (Lipinski definition) is 2. The van der Waals surface area contributed by atoms with Crippen molar-refractivity contribution in [1.82, 2.24) is 5.32 Å². The average Bonchev–Trinajstić information content (AvgIpc) is 2.49. The van der Waals surface area contributed by atoms with Gasteiger partial charge in [0.2, 0.25) is 5.91 Å². The van der Waals surface area contributed by atoms with Crippen LogP contribution in [0, 0.1) is 6.92 Å². The van der Waals surface area contributed by atoms with E-state index < -0.39 is 0 Å². The molecule has 0 heterocycles. The second kappa shape index (κ2) is 7.14. The van der Waals surface area contributed by atoms with E-state index in [9.17, 15) is 4.79 Å². The maximum Gasteiger partial charge on any atom is 0.242 e. The van der Waals surface area contributed by atoms with Crippen LogP contribution in [-0.4, -0.2) is 11.9 Å². The summed E-state index contributed by atoms with van der Waals surface area (Å²) in [6, 6.07) is 15.2. The Morgan fingerprint density at radius 3 is 2.57 bits per heavy atom. The third kappa shape index (κ3) is 4.50. The summed E-state index contributed by atoms with van der Waals surface area (Å²) in [5.74, 6) is -0.0458. The van der Waals surface area contributed by atoms with Crippen LogP contribution in [0.5, 0.6) is 0 Å². The Balaban J connectivity index is 1.88. The van der Waals surface area contributed by atoms with Crippen LogP contribution in [0.25, 0.3) is 0 Å². The Hall–Kier alpha value is -2.00. The number of nitrogens with one attached hydrogen (secondary N) is 2. The molecule has 4 heteroatoms. The molecule has 0 aliphatic carbocycles. The molecule has 0 spiro atoms. The molecule has 1 amide bonds. The van der Waals surface area contributed by atoms with E-state index in [1.807, 2.05) is 62.4 Å². The molecule has 2 aromatic carbocycles. The number of rotatable bonds is 5. The molecule has 21 heavy (non-hydrogen) atoms. The van der Waals surface area contributed by atoms with Crippen LogP contribution in [0.1, 0.15) is 18.1 Å². The van der Waals surface area contributed by atoms with Crippen LogP contribution in [-0.2, 0) is 11.3 Å². The van der Waals surface area contributed by atoms with Crippen molar-refractivity contribution in [3.8, 4) is 0 Å². The van der Waals surface area contributed by atoms with E-state index in [4.69, 9.17) is 11.6 Å². The lowest BCUT2D eigenvalue weighted by molar-refractivity contribution is -0.121. The second-order valence-electron chi connectivity index (χ2n) is 5.03. The molecule has 0 unspecified atom stereocenters. The summed E-state index contributed by atoms with van der Waals surface area (Å²) in [6.45, 7) is 4.30. The first-order valence-electron chi connectivity index (χ1n) is 6.90. The summed E-state index contributed by atoms with van der Waals surface area (Å²) in [6.07, 6.45) is 0. The first-order chi connectivity index (χ1) is 10.1. The molecule has 0 radical (unpaired) electrons. The fourth-order valence-electron chi connectivity index (χ4n) is 1.94. The summed E-state index contributed by atoms with van der Waals surface area (Å²) in [5.41, 5.74) is 2.94.